The number of nitrogens with one attached hydrogen (secondary N) is 3. The van der Waals surface area contributed by atoms with Crippen molar-refractivity contribution < 1.29 is 23.8 Å². The Morgan fingerprint density at radius 1 is 1.02 bits per heavy atom. The molecule has 1 aromatic heterocycles. The fourth-order valence-electron chi connectivity index (χ4n) is 4.73. The summed E-state index contributed by atoms with van der Waals surface area (Å²) >= 11 is 0. The fraction of sp³-hybridized carbons (Fsp3) is 0.324. The number of anilines is 1. The second kappa shape index (κ2) is 13.8. The van der Waals surface area contributed by atoms with Gasteiger partial charge in [-0.15, -0.1) is 0 Å². The maximum atomic E-state index is 12.9. The van der Waals surface area contributed by atoms with Crippen molar-refractivity contribution in [2.45, 2.75) is 58.2 Å². The highest BCUT2D eigenvalue weighted by Gasteiger charge is 2.28. The monoisotopic (exact) mass is 582 g/mol. The number of H-pyrrole nitrogens is 1. The lowest BCUT2D eigenvalue weighted by Crippen LogP contribution is -2.49. The molecule has 1 heterocycles. The summed E-state index contributed by atoms with van der Waals surface area (Å²) in [6.45, 7) is 8.01. The van der Waals surface area contributed by atoms with E-state index in [0.717, 1.165) is 39.8 Å². The summed E-state index contributed by atoms with van der Waals surface area (Å²) in [6.07, 6.45) is 2.47. The first-order valence-corrected chi connectivity index (χ1v) is 14.3. The Hall–Kier alpha value is -4.97. The molecule has 3 aromatic carbocycles. The van der Waals surface area contributed by atoms with Gasteiger partial charge in [0, 0.05) is 22.8 Å². The first-order chi connectivity index (χ1) is 20.6. The number of carbonyl (C=O) groups excluding carboxylic acids is 2. The van der Waals surface area contributed by atoms with Gasteiger partial charge in [-0.05, 0) is 80.6 Å². The Labute approximate surface area is 252 Å². The summed E-state index contributed by atoms with van der Waals surface area (Å²) in [4.78, 5) is 29.0. The molecular weight excluding hydrogens is 544 g/mol. The molecule has 1 unspecified atom stereocenters. The van der Waals surface area contributed by atoms with Crippen molar-refractivity contribution in [1.82, 2.24) is 10.3 Å². The van der Waals surface area contributed by atoms with Crippen LogP contribution in [0.4, 0.5) is 10.5 Å². The summed E-state index contributed by atoms with van der Waals surface area (Å²) < 4.78 is 16.3. The highest BCUT2D eigenvalue weighted by molar-refractivity contribution is 5.97. The Balaban J connectivity index is 1.65. The zero-order valence-electron chi connectivity index (χ0n) is 25.2. The average molecular weight is 583 g/mol. The van der Waals surface area contributed by atoms with Gasteiger partial charge < -0.3 is 29.8 Å². The van der Waals surface area contributed by atoms with Crippen LogP contribution in [0.3, 0.4) is 0 Å². The number of hydrogen-bond acceptors (Lipinski definition) is 7. The minimum atomic E-state index is -0.926. The molecule has 2 atom stereocenters. The van der Waals surface area contributed by atoms with Crippen LogP contribution in [0.2, 0.25) is 0 Å². The number of esters is 1. The van der Waals surface area contributed by atoms with Crippen LogP contribution >= 0.6 is 0 Å². The van der Waals surface area contributed by atoms with Gasteiger partial charge in [0.1, 0.15) is 17.4 Å². The SMILES string of the molecule is CCCOc1ccc(-c2ccc(NC(C#N)[C@H](Cc3c[nH]c4ccccc34)NC(=O)OC(C)(C)C)c(C(=O)OC)c2)cc1. The van der Waals surface area contributed by atoms with Gasteiger partial charge in [0.15, 0.2) is 0 Å². The Bertz CT molecular complexity index is 1600. The normalized spacial score (nSPS) is 12.6. The number of carbonyl (C=O) groups is 2. The molecule has 4 rings (SSSR count). The number of benzene rings is 3. The molecule has 0 aliphatic carbocycles. The van der Waals surface area contributed by atoms with E-state index in [0.29, 0.717) is 18.7 Å². The molecule has 0 bridgehead atoms. The standard InChI is InChI=1S/C34H38N4O5/c1-6-17-42-25-14-11-22(12-15-25)23-13-16-29(27(18-23)32(39)41-5)37-31(20-35)30(38-33(40)43-34(2,3)4)19-24-21-36-28-10-8-7-9-26(24)28/h7-16,18,21,30-31,36-37H,6,17,19H2,1-5H3,(H,38,40)/t30-,31?/m0/s1. The van der Waals surface area contributed by atoms with E-state index < -0.39 is 29.7 Å². The van der Waals surface area contributed by atoms with Crippen LogP contribution in [0.15, 0.2) is 72.9 Å². The molecule has 224 valence electrons. The van der Waals surface area contributed by atoms with E-state index in [9.17, 15) is 14.9 Å². The van der Waals surface area contributed by atoms with Crippen LogP contribution in [0.1, 0.15) is 50.0 Å². The number of methoxy groups -OCH3 is 1. The van der Waals surface area contributed by atoms with Crippen molar-refractivity contribution in [3.63, 3.8) is 0 Å². The van der Waals surface area contributed by atoms with Crippen LogP contribution in [0.5, 0.6) is 5.75 Å². The highest BCUT2D eigenvalue weighted by atomic mass is 16.6. The van der Waals surface area contributed by atoms with Crippen molar-refractivity contribution in [3.8, 4) is 22.9 Å². The van der Waals surface area contributed by atoms with E-state index in [1.165, 1.54) is 7.11 Å². The summed E-state index contributed by atoms with van der Waals surface area (Å²) in [7, 11) is 1.31. The van der Waals surface area contributed by atoms with Gasteiger partial charge in [-0.2, -0.15) is 5.26 Å². The summed E-state index contributed by atoms with van der Waals surface area (Å²) in [5, 5.41) is 17.4. The van der Waals surface area contributed by atoms with E-state index in [4.69, 9.17) is 14.2 Å². The Morgan fingerprint density at radius 3 is 2.42 bits per heavy atom. The fourth-order valence-corrected chi connectivity index (χ4v) is 4.73. The van der Waals surface area contributed by atoms with Crippen molar-refractivity contribution >= 4 is 28.7 Å². The Kier molecular flexibility index (Phi) is 9.94. The molecule has 9 nitrogen and oxygen atoms in total. The van der Waals surface area contributed by atoms with Gasteiger partial charge in [0.25, 0.3) is 0 Å². The third-order valence-corrected chi connectivity index (χ3v) is 6.75. The number of aromatic nitrogens is 1. The molecule has 0 radical (unpaired) electrons. The lowest BCUT2D eigenvalue weighted by Gasteiger charge is -2.27. The van der Waals surface area contributed by atoms with Crippen molar-refractivity contribution in [1.29, 1.82) is 5.26 Å². The first kappa shape index (κ1) is 31.0. The zero-order chi connectivity index (χ0) is 31.0. The number of amides is 1. The quantitative estimate of drug-likeness (QED) is 0.165. The van der Waals surface area contributed by atoms with Crippen LogP contribution in [0, 0.1) is 11.3 Å². The third-order valence-electron chi connectivity index (χ3n) is 6.75. The predicted octanol–water partition coefficient (Wildman–Crippen LogP) is 6.85. The number of aromatic amines is 1. The van der Waals surface area contributed by atoms with Crippen LogP contribution in [0.25, 0.3) is 22.0 Å². The maximum absolute atomic E-state index is 12.9. The number of alkyl carbamates (subject to hydrolysis) is 1. The van der Waals surface area contributed by atoms with Crippen LogP contribution in [-0.2, 0) is 15.9 Å². The second-order valence-corrected chi connectivity index (χ2v) is 11.2. The van der Waals surface area contributed by atoms with E-state index in [1.807, 2.05) is 67.7 Å². The van der Waals surface area contributed by atoms with Gasteiger partial charge in [-0.3, -0.25) is 0 Å². The lowest BCUT2D eigenvalue weighted by molar-refractivity contribution is 0.0501. The number of fused-ring (bicyclic) bond motifs is 1. The number of nitriles is 1. The number of nitrogens with zero attached hydrogens (tertiary/aromatic N) is 1. The molecule has 0 saturated heterocycles. The molecule has 3 N–H and O–H groups in total. The molecule has 43 heavy (non-hydrogen) atoms. The number of ether oxygens (including phenoxy) is 3. The van der Waals surface area contributed by atoms with Crippen molar-refractivity contribution in [3.05, 3.63) is 84.1 Å². The summed E-state index contributed by atoms with van der Waals surface area (Å²) in [6, 6.07) is 21.4. The molecule has 1 amide bonds. The van der Waals surface area contributed by atoms with E-state index in [1.54, 1.807) is 32.9 Å². The third kappa shape index (κ3) is 8.07. The van der Waals surface area contributed by atoms with E-state index >= 15 is 0 Å². The van der Waals surface area contributed by atoms with E-state index in [2.05, 4.69) is 21.7 Å². The molecule has 4 aromatic rings. The first-order valence-electron chi connectivity index (χ1n) is 14.3. The topological polar surface area (TPSA) is 125 Å². The molecule has 0 aliphatic heterocycles. The molecule has 0 aliphatic rings. The number of para-hydroxylation sites is 1. The zero-order valence-corrected chi connectivity index (χ0v) is 25.2. The molecule has 0 spiro atoms. The smallest absolute Gasteiger partial charge is 0.407 e. The van der Waals surface area contributed by atoms with E-state index in [-0.39, 0.29) is 5.56 Å². The molecule has 0 fully saturated rings. The lowest BCUT2D eigenvalue weighted by atomic mass is 9.98. The minimum Gasteiger partial charge on any atom is -0.494 e. The second-order valence-electron chi connectivity index (χ2n) is 11.2. The largest absolute Gasteiger partial charge is 0.494 e. The maximum Gasteiger partial charge on any atom is 0.407 e. The van der Waals surface area contributed by atoms with Gasteiger partial charge in [-0.25, -0.2) is 9.59 Å². The number of hydrogen-bond donors (Lipinski definition) is 3. The van der Waals surface area contributed by atoms with Crippen LogP contribution in [-0.4, -0.2) is 48.4 Å². The highest BCUT2D eigenvalue weighted by Crippen LogP contribution is 2.29. The van der Waals surface area contributed by atoms with Crippen molar-refractivity contribution in [2.75, 3.05) is 19.0 Å². The summed E-state index contributed by atoms with van der Waals surface area (Å²) in [5.74, 6) is 0.213. The van der Waals surface area contributed by atoms with Gasteiger partial charge in [0.05, 0.1) is 31.4 Å². The van der Waals surface area contributed by atoms with Gasteiger partial charge in [0.2, 0.25) is 0 Å². The van der Waals surface area contributed by atoms with Gasteiger partial charge in [-0.1, -0.05) is 43.3 Å². The molecular formula is C34H38N4O5. The van der Waals surface area contributed by atoms with Crippen molar-refractivity contribution in [2.24, 2.45) is 0 Å². The molecule has 0 saturated carbocycles. The minimum absolute atomic E-state index is 0.259. The summed E-state index contributed by atoms with van der Waals surface area (Å²) in [5.41, 5.74) is 3.50. The predicted molar refractivity (Wildman–Crippen MR) is 167 cm³/mol. The average Bonchev–Trinajstić information content (AvgIpc) is 3.40. The van der Waals surface area contributed by atoms with Crippen LogP contribution < -0.4 is 15.4 Å². The number of rotatable bonds is 11. The van der Waals surface area contributed by atoms with Gasteiger partial charge >= 0.3 is 12.1 Å². The Morgan fingerprint density at radius 2 is 1.74 bits per heavy atom. The molecule has 9 heteroatoms.